The van der Waals surface area contributed by atoms with Crippen LogP contribution >= 0.6 is 0 Å². The van der Waals surface area contributed by atoms with E-state index in [9.17, 15) is 9.90 Å². The summed E-state index contributed by atoms with van der Waals surface area (Å²) in [6, 6.07) is 6.80. The highest BCUT2D eigenvalue weighted by Gasteiger charge is 2.22. The van der Waals surface area contributed by atoms with Gasteiger partial charge in [-0.25, -0.2) is 0 Å². The van der Waals surface area contributed by atoms with Crippen molar-refractivity contribution in [2.75, 3.05) is 26.2 Å². The molecule has 0 saturated carbocycles. The lowest BCUT2D eigenvalue weighted by molar-refractivity contribution is 0.0713. The number of hydrogen-bond acceptors (Lipinski definition) is 3. The molecule has 1 aliphatic rings. The van der Waals surface area contributed by atoms with Gasteiger partial charge in [0.15, 0.2) is 0 Å². The van der Waals surface area contributed by atoms with Crippen LogP contribution in [0.3, 0.4) is 0 Å². The van der Waals surface area contributed by atoms with Crippen molar-refractivity contribution in [2.45, 2.75) is 26.2 Å². The third-order valence-corrected chi connectivity index (χ3v) is 3.85. The van der Waals surface area contributed by atoms with Gasteiger partial charge in [0.1, 0.15) is 5.75 Å². The minimum absolute atomic E-state index is 0.0523. The van der Waals surface area contributed by atoms with Crippen LogP contribution in [0, 0.1) is 5.92 Å². The molecule has 1 aromatic rings. The lowest BCUT2D eigenvalue weighted by atomic mass is 9.97. The summed E-state index contributed by atoms with van der Waals surface area (Å²) >= 11 is 0. The van der Waals surface area contributed by atoms with Crippen molar-refractivity contribution >= 4 is 5.91 Å². The van der Waals surface area contributed by atoms with Crippen LogP contribution in [0.1, 0.15) is 36.5 Å². The van der Waals surface area contributed by atoms with Crippen LogP contribution in [0.4, 0.5) is 0 Å². The Balaban J connectivity index is 2.07. The van der Waals surface area contributed by atoms with E-state index < -0.39 is 0 Å². The van der Waals surface area contributed by atoms with E-state index in [1.165, 1.54) is 0 Å². The van der Waals surface area contributed by atoms with Crippen LogP contribution in [0.5, 0.6) is 5.75 Å². The summed E-state index contributed by atoms with van der Waals surface area (Å²) < 4.78 is 0. The fourth-order valence-corrected chi connectivity index (χ4v) is 2.75. The quantitative estimate of drug-likeness (QED) is 0.867. The van der Waals surface area contributed by atoms with Crippen LogP contribution in [0.25, 0.3) is 0 Å². The molecule has 4 nitrogen and oxygen atoms in total. The summed E-state index contributed by atoms with van der Waals surface area (Å²) in [5, 5.41) is 13.2. The van der Waals surface area contributed by atoms with E-state index in [-0.39, 0.29) is 11.7 Å². The van der Waals surface area contributed by atoms with E-state index in [1.54, 1.807) is 24.3 Å². The highest BCUT2D eigenvalue weighted by Crippen LogP contribution is 2.20. The molecule has 0 spiro atoms. The molecule has 1 aromatic carbocycles. The molecule has 0 aromatic heterocycles. The Bertz CT molecular complexity index is 442. The fraction of sp³-hybridized carbons (Fsp3) is 0.562. The summed E-state index contributed by atoms with van der Waals surface area (Å²) in [4.78, 5) is 14.5. The van der Waals surface area contributed by atoms with Crippen molar-refractivity contribution in [1.29, 1.82) is 0 Å². The zero-order valence-corrected chi connectivity index (χ0v) is 12.1. The van der Waals surface area contributed by atoms with Gasteiger partial charge in [-0.2, -0.15) is 0 Å². The van der Waals surface area contributed by atoms with Crippen molar-refractivity contribution in [2.24, 2.45) is 5.92 Å². The molecular formula is C16H24N2O2. The van der Waals surface area contributed by atoms with E-state index in [2.05, 4.69) is 12.2 Å². The zero-order valence-electron chi connectivity index (χ0n) is 12.1. The van der Waals surface area contributed by atoms with Crippen molar-refractivity contribution in [3.63, 3.8) is 0 Å². The largest absolute Gasteiger partial charge is 0.507 e. The molecule has 2 N–H and O–H groups in total. The maximum atomic E-state index is 12.6. The second-order valence-electron chi connectivity index (χ2n) is 5.46. The minimum atomic E-state index is -0.0523. The second kappa shape index (κ2) is 7.29. The molecule has 0 unspecified atom stereocenters. The molecule has 1 fully saturated rings. The van der Waals surface area contributed by atoms with E-state index >= 15 is 0 Å². The monoisotopic (exact) mass is 276 g/mol. The molecular weight excluding hydrogens is 252 g/mol. The number of piperidine rings is 1. The number of nitrogens with zero attached hydrogens (tertiary/aromatic N) is 1. The molecule has 2 rings (SSSR count). The van der Waals surface area contributed by atoms with Gasteiger partial charge in [-0.3, -0.25) is 4.79 Å². The molecule has 0 bridgehead atoms. The molecule has 20 heavy (non-hydrogen) atoms. The Hall–Kier alpha value is -1.55. The third-order valence-electron chi connectivity index (χ3n) is 3.85. The maximum Gasteiger partial charge on any atom is 0.257 e. The van der Waals surface area contributed by atoms with Gasteiger partial charge in [-0.05, 0) is 50.4 Å². The molecule has 0 atom stereocenters. The summed E-state index contributed by atoms with van der Waals surface area (Å²) in [6.07, 6.45) is 3.17. The number of amides is 1. The van der Waals surface area contributed by atoms with Gasteiger partial charge in [-0.1, -0.05) is 19.1 Å². The lowest BCUT2D eigenvalue weighted by Gasteiger charge is -2.30. The van der Waals surface area contributed by atoms with E-state index in [0.29, 0.717) is 11.5 Å². The molecule has 0 radical (unpaired) electrons. The van der Waals surface area contributed by atoms with Gasteiger partial charge in [0.2, 0.25) is 0 Å². The van der Waals surface area contributed by atoms with Gasteiger partial charge >= 0.3 is 0 Å². The number of aromatic hydroxyl groups is 1. The van der Waals surface area contributed by atoms with Crippen LogP contribution in [0.15, 0.2) is 24.3 Å². The Morgan fingerprint density at radius 1 is 1.35 bits per heavy atom. The number of phenolic OH excluding ortho intramolecular Hbond substituents is 1. The Morgan fingerprint density at radius 2 is 2.05 bits per heavy atom. The molecule has 1 saturated heterocycles. The van der Waals surface area contributed by atoms with Crippen LogP contribution in [-0.2, 0) is 0 Å². The van der Waals surface area contributed by atoms with Crippen molar-refractivity contribution in [3.05, 3.63) is 29.8 Å². The van der Waals surface area contributed by atoms with E-state index in [1.807, 2.05) is 4.90 Å². The smallest absolute Gasteiger partial charge is 0.257 e. The molecule has 0 aliphatic carbocycles. The van der Waals surface area contributed by atoms with Gasteiger partial charge < -0.3 is 15.3 Å². The Morgan fingerprint density at radius 3 is 2.70 bits per heavy atom. The second-order valence-corrected chi connectivity index (χ2v) is 5.46. The number of carbonyl (C=O) groups excluding carboxylic acids is 1. The number of carbonyl (C=O) groups is 1. The Labute approximate surface area is 120 Å². The van der Waals surface area contributed by atoms with Crippen LogP contribution in [-0.4, -0.2) is 42.1 Å². The van der Waals surface area contributed by atoms with Crippen molar-refractivity contribution in [1.82, 2.24) is 10.2 Å². The summed E-state index contributed by atoms with van der Waals surface area (Å²) in [5.41, 5.74) is 0.412. The number of benzene rings is 1. The summed E-state index contributed by atoms with van der Waals surface area (Å²) in [6.45, 7) is 5.69. The minimum Gasteiger partial charge on any atom is -0.507 e. The van der Waals surface area contributed by atoms with Crippen LogP contribution < -0.4 is 5.32 Å². The molecule has 1 amide bonds. The average molecular weight is 276 g/mol. The Kier molecular flexibility index (Phi) is 5.41. The number of para-hydroxylation sites is 1. The first-order valence-electron chi connectivity index (χ1n) is 7.50. The number of rotatable bonds is 5. The number of phenols is 1. The molecule has 110 valence electrons. The normalized spacial score (nSPS) is 16.1. The van der Waals surface area contributed by atoms with Gasteiger partial charge in [0.05, 0.1) is 5.56 Å². The van der Waals surface area contributed by atoms with Gasteiger partial charge in [0.25, 0.3) is 5.91 Å². The third kappa shape index (κ3) is 3.73. The highest BCUT2D eigenvalue weighted by atomic mass is 16.3. The maximum absolute atomic E-state index is 12.6. The highest BCUT2D eigenvalue weighted by molar-refractivity contribution is 5.96. The summed E-state index contributed by atoms with van der Waals surface area (Å²) in [7, 11) is 0. The predicted molar refractivity (Wildman–Crippen MR) is 79.9 cm³/mol. The lowest BCUT2D eigenvalue weighted by Crippen LogP contribution is -2.39. The fourth-order valence-electron chi connectivity index (χ4n) is 2.75. The van der Waals surface area contributed by atoms with Gasteiger partial charge in [0, 0.05) is 13.1 Å². The molecule has 1 heterocycles. The standard InChI is InChI=1S/C16H24N2O2/c1-2-11-18(12-13-7-9-17-10-8-13)16(20)14-5-3-4-6-15(14)19/h3-6,13,17,19H,2,7-12H2,1H3. The van der Waals surface area contributed by atoms with Crippen molar-refractivity contribution in [3.8, 4) is 5.75 Å². The summed E-state index contributed by atoms with van der Waals surface area (Å²) in [5.74, 6) is 0.588. The van der Waals surface area contributed by atoms with Crippen molar-refractivity contribution < 1.29 is 9.90 Å². The number of hydrogen-bond donors (Lipinski definition) is 2. The topological polar surface area (TPSA) is 52.6 Å². The first kappa shape index (κ1) is 14.9. The van der Waals surface area contributed by atoms with E-state index in [4.69, 9.17) is 0 Å². The average Bonchev–Trinajstić information content (AvgIpc) is 2.48. The van der Waals surface area contributed by atoms with E-state index in [0.717, 1.165) is 45.4 Å². The van der Waals surface area contributed by atoms with Crippen LogP contribution in [0.2, 0.25) is 0 Å². The first-order chi connectivity index (χ1) is 9.72. The predicted octanol–water partition coefficient (Wildman–Crippen LogP) is 2.24. The van der Waals surface area contributed by atoms with Gasteiger partial charge in [-0.15, -0.1) is 0 Å². The first-order valence-corrected chi connectivity index (χ1v) is 7.50. The molecule has 4 heteroatoms. The zero-order chi connectivity index (χ0) is 14.4. The SMILES string of the molecule is CCCN(CC1CCNCC1)C(=O)c1ccccc1O. The molecule has 1 aliphatic heterocycles. The number of nitrogens with one attached hydrogen (secondary N) is 1.